The molecule has 5 rings (SSSR count). The first-order valence-electron chi connectivity index (χ1n) is 12.3. The summed E-state index contributed by atoms with van der Waals surface area (Å²) in [7, 11) is 1.57. The van der Waals surface area contributed by atoms with Gasteiger partial charge in [0.05, 0.1) is 29.5 Å². The molecule has 9 heteroatoms. The quantitative estimate of drug-likeness (QED) is 0.408. The van der Waals surface area contributed by atoms with Crippen molar-refractivity contribution in [3.63, 3.8) is 0 Å². The van der Waals surface area contributed by atoms with Crippen LogP contribution in [0.2, 0.25) is 0 Å². The van der Waals surface area contributed by atoms with E-state index in [9.17, 15) is 9.59 Å². The average Bonchev–Trinajstić information content (AvgIpc) is 3.52. The van der Waals surface area contributed by atoms with Gasteiger partial charge in [0.1, 0.15) is 11.8 Å². The van der Waals surface area contributed by atoms with Crippen LogP contribution < -0.4 is 24.5 Å². The molecule has 3 aromatic rings. The van der Waals surface area contributed by atoms with Crippen LogP contribution in [0.25, 0.3) is 6.08 Å². The lowest BCUT2D eigenvalue weighted by Gasteiger charge is -2.26. The maximum Gasteiger partial charge on any atom is 0.338 e. The topological polar surface area (TPSA) is 73.1 Å². The molecule has 3 heterocycles. The van der Waals surface area contributed by atoms with Crippen molar-refractivity contribution in [3.05, 3.63) is 89.0 Å². The van der Waals surface area contributed by atoms with Crippen LogP contribution >= 0.6 is 27.3 Å². The number of benzene rings is 2. The van der Waals surface area contributed by atoms with Gasteiger partial charge in [0, 0.05) is 28.8 Å². The van der Waals surface area contributed by atoms with Gasteiger partial charge in [-0.1, -0.05) is 39.4 Å². The number of fused-ring (bicyclic) bond motifs is 1. The lowest BCUT2D eigenvalue weighted by molar-refractivity contribution is -0.139. The number of halogens is 1. The molecule has 0 N–H and O–H groups in total. The zero-order chi connectivity index (χ0) is 26.1. The number of hydrogen-bond donors (Lipinski definition) is 0. The number of hydrogen-bond acceptors (Lipinski definition) is 7. The Hall–Kier alpha value is -3.17. The third kappa shape index (κ3) is 4.90. The number of esters is 1. The smallest absolute Gasteiger partial charge is 0.338 e. The van der Waals surface area contributed by atoms with Crippen molar-refractivity contribution in [1.82, 2.24) is 4.57 Å². The number of nitrogens with zero attached hydrogens (tertiary/aromatic N) is 3. The fourth-order valence-electron chi connectivity index (χ4n) is 4.91. The maximum absolute atomic E-state index is 13.8. The van der Waals surface area contributed by atoms with Crippen LogP contribution in [0.15, 0.2) is 68.0 Å². The van der Waals surface area contributed by atoms with Crippen molar-refractivity contribution in [3.8, 4) is 5.75 Å². The Balaban J connectivity index is 1.65. The number of rotatable bonds is 6. The molecule has 0 aliphatic carbocycles. The standard InChI is InChI=1S/C28H28BrN3O4S/c1-4-36-27(34)24-17(2)30-28-32(25(24)21-16-19(29)9-12-22(21)35-3)26(33)23(37-28)15-18-7-10-20(11-8-18)31-13-5-6-14-31/h7-12,15-16,25H,4-6,13-14H2,1-3H3/b23-15-/t25-/m0/s1. The molecule has 2 aliphatic heterocycles. The van der Waals surface area contributed by atoms with E-state index in [2.05, 4.69) is 38.0 Å². The number of allylic oxidation sites excluding steroid dienone is 1. The van der Waals surface area contributed by atoms with E-state index in [1.54, 1.807) is 25.5 Å². The molecule has 1 fully saturated rings. The number of carbonyl (C=O) groups excluding carboxylic acids is 1. The number of aromatic nitrogens is 1. The molecule has 7 nitrogen and oxygen atoms in total. The molecule has 1 saturated heterocycles. The van der Waals surface area contributed by atoms with Crippen LogP contribution in [0.5, 0.6) is 5.75 Å². The largest absolute Gasteiger partial charge is 0.496 e. The van der Waals surface area contributed by atoms with Crippen LogP contribution in [0, 0.1) is 0 Å². The van der Waals surface area contributed by atoms with Gasteiger partial charge in [-0.15, -0.1) is 0 Å². The molecule has 1 aromatic heterocycles. The highest BCUT2D eigenvalue weighted by Gasteiger charge is 2.35. The summed E-state index contributed by atoms with van der Waals surface area (Å²) in [6.45, 7) is 5.92. The van der Waals surface area contributed by atoms with Gasteiger partial charge < -0.3 is 14.4 Å². The lowest BCUT2D eigenvalue weighted by Crippen LogP contribution is -2.40. The average molecular weight is 583 g/mol. The molecule has 0 amide bonds. The Morgan fingerprint density at radius 1 is 1.19 bits per heavy atom. The summed E-state index contributed by atoms with van der Waals surface area (Å²) in [5, 5.41) is 0. The molecule has 1 atom stereocenters. The number of thiazole rings is 1. The Morgan fingerprint density at radius 2 is 1.92 bits per heavy atom. The van der Waals surface area contributed by atoms with Gasteiger partial charge in [-0.25, -0.2) is 9.79 Å². The third-order valence-electron chi connectivity index (χ3n) is 6.67. The fourth-order valence-corrected chi connectivity index (χ4v) is 6.34. The van der Waals surface area contributed by atoms with E-state index in [0.717, 1.165) is 23.1 Å². The molecule has 2 aromatic carbocycles. The summed E-state index contributed by atoms with van der Waals surface area (Å²) < 4.78 is 14.0. The first-order valence-corrected chi connectivity index (χ1v) is 13.9. The highest BCUT2D eigenvalue weighted by atomic mass is 79.9. The molecule has 2 aliphatic rings. The van der Waals surface area contributed by atoms with Crippen LogP contribution in [0.1, 0.15) is 43.9 Å². The number of carbonyl (C=O) groups is 1. The summed E-state index contributed by atoms with van der Waals surface area (Å²) in [4.78, 5) is 34.5. The second-order valence-electron chi connectivity index (χ2n) is 8.97. The fraction of sp³-hybridized carbons (Fsp3) is 0.321. The van der Waals surface area contributed by atoms with Crippen molar-refractivity contribution in [1.29, 1.82) is 0 Å². The van der Waals surface area contributed by atoms with Crippen molar-refractivity contribution < 1.29 is 14.3 Å². The summed E-state index contributed by atoms with van der Waals surface area (Å²) in [5.41, 5.74) is 3.45. The lowest BCUT2D eigenvalue weighted by atomic mass is 9.95. The number of ether oxygens (including phenoxy) is 2. The van der Waals surface area contributed by atoms with Crippen molar-refractivity contribution in [2.24, 2.45) is 4.99 Å². The van der Waals surface area contributed by atoms with Gasteiger partial charge in [0.2, 0.25) is 0 Å². The van der Waals surface area contributed by atoms with E-state index >= 15 is 0 Å². The summed E-state index contributed by atoms with van der Waals surface area (Å²) >= 11 is 4.84. The second-order valence-corrected chi connectivity index (χ2v) is 10.9. The van der Waals surface area contributed by atoms with Gasteiger partial charge in [0.15, 0.2) is 4.80 Å². The minimum absolute atomic E-state index is 0.214. The van der Waals surface area contributed by atoms with Gasteiger partial charge in [-0.05, 0) is 68.7 Å². The van der Waals surface area contributed by atoms with Gasteiger partial charge in [0.25, 0.3) is 5.56 Å². The van der Waals surface area contributed by atoms with Crippen LogP contribution in [0.3, 0.4) is 0 Å². The van der Waals surface area contributed by atoms with Crippen molar-refractivity contribution in [2.75, 3.05) is 31.7 Å². The Bertz CT molecular complexity index is 1550. The van der Waals surface area contributed by atoms with Crippen LogP contribution in [-0.4, -0.2) is 37.3 Å². The molecular weight excluding hydrogens is 554 g/mol. The third-order valence-corrected chi connectivity index (χ3v) is 8.14. The molecule has 0 spiro atoms. The minimum Gasteiger partial charge on any atom is -0.496 e. The van der Waals surface area contributed by atoms with Crippen molar-refractivity contribution >= 4 is 45.0 Å². The van der Waals surface area contributed by atoms with E-state index in [-0.39, 0.29) is 12.2 Å². The van der Waals surface area contributed by atoms with Gasteiger partial charge in [-0.3, -0.25) is 9.36 Å². The molecule has 0 bridgehead atoms. The van der Waals surface area contributed by atoms with Crippen molar-refractivity contribution in [2.45, 2.75) is 32.7 Å². The Kier molecular flexibility index (Phi) is 7.35. The predicted molar refractivity (Wildman–Crippen MR) is 149 cm³/mol. The van der Waals surface area contributed by atoms with E-state index in [4.69, 9.17) is 9.47 Å². The van der Waals surface area contributed by atoms with Gasteiger partial charge >= 0.3 is 5.97 Å². The van der Waals surface area contributed by atoms with E-state index in [1.807, 2.05) is 36.4 Å². The first kappa shape index (κ1) is 25.5. The second kappa shape index (κ2) is 10.7. The summed E-state index contributed by atoms with van der Waals surface area (Å²) in [5.74, 6) is 0.0688. The van der Waals surface area contributed by atoms with Crippen LogP contribution in [-0.2, 0) is 9.53 Å². The zero-order valence-electron chi connectivity index (χ0n) is 21.0. The predicted octanol–water partition coefficient (Wildman–Crippen LogP) is 4.17. The SMILES string of the molecule is CCOC(=O)C1=C(C)N=c2s/c(=C\c3ccc(N4CCCC4)cc3)c(=O)n2[C@H]1c1cc(Br)ccc1OC. The molecular formula is C28H28BrN3O4S. The highest BCUT2D eigenvalue weighted by Crippen LogP contribution is 2.37. The van der Waals surface area contributed by atoms with E-state index in [1.165, 1.54) is 29.9 Å². The summed E-state index contributed by atoms with van der Waals surface area (Å²) in [6, 6.07) is 13.1. The monoisotopic (exact) mass is 581 g/mol. The van der Waals surface area contributed by atoms with Crippen LogP contribution in [0.4, 0.5) is 5.69 Å². The Morgan fingerprint density at radius 3 is 2.59 bits per heavy atom. The molecule has 0 radical (unpaired) electrons. The number of anilines is 1. The molecule has 0 unspecified atom stereocenters. The normalized spacial score (nSPS) is 17.6. The minimum atomic E-state index is -0.734. The first-order chi connectivity index (χ1) is 17.9. The molecule has 0 saturated carbocycles. The van der Waals surface area contributed by atoms with E-state index < -0.39 is 12.0 Å². The summed E-state index contributed by atoms with van der Waals surface area (Å²) in [6.07, 6.45) is 4.33. The van der Waals surface area contributed by atoms with E-state index in [0.29, 0.717) is 31.9 Å². The highest BCUT2D eigenvalue weighted by molar-refractivity contribution is 9.10. The maximum atomic E-state index is 13.8. The number of methoxy groups -OCH3 is 1. The zero-order valence-corrected chi connectivity index (χ0v) is 23.4. The Labute approximate surface area is 227 Å². The molecule has 37 heavy (non-hydrogen) atoms. The van der Waals surface area contributed by atoms with Gasteiger partial charge in [-0.2, -0.15) is 0 Å². The molecule has 192 valence electrons.